The zero-order valence-electron chi connectivity index (χ0n) is 63.4. The van der Waals surface area contributed by atoms with Crippen molar-refractivity contribution in [2.24, 2.45) is 11.8 Å². The summed E-state index contributed by atoms with van der Waals surface area (Å²) >= 11 is 0. The van der Waals surface area contributed by atoms with Gasteiger partial charge in [0.05, 0.1) is 26.4 Å². The summed E-state index contributed by atoms with van der Waals surface area (Å²) in [4.78, 5) is 72.9. The molecule has 0 aromatic carbocycles. The standard InChI is InChI=1S/C78H152O17P2/c1-7-9-11-13-15-17-19-20-21-22-26-31-37-43-49-55-61-76(81)89-67-74(94-77(82)62-56-50-44-38-32-27-24-23-25-29-34-40-46-52-58-70(3)4)69-93-97(86,87)91-65-72(79)64-90-96(84,85)92-68-73(66-88-75(80)60-54-48-42-36-18-16-14-12-10-8-2)95-78(83)63-57-51-45-39-33-28-30-35-41-47-53-59-71(5)6/h70-74,79H,7-69H2,1-6H3,(H,84,85)(H,86,87)/t72-,73+,74+/m0/s1. The van der Waals surface area contributed by atoms with E-state index in [1.807, 2.05) is 0 Å². The van der Waals surface area contributed by atoms with Crippen LogP contribution < -0.4 is 0 Å². The topological polar surface area (TPSA) is 237 Å². The first-order valence-electron chi connectivity index (χ1n) is 40.5. The van der Waals surface area contributed by atoms with E-state index in [1.165, 1.54) is 225 Å². The molecule has 0 spiro atoms. The summed E-state index contributed by atoms with van der Waals surface area (Å²) in [6.45, 7) is 9.63. The maximum absolute atomic E-state index is 13.1. The number of hydrogen-bond donors (Lipinski definition) is 3. The molecule has 0 bridgehead atoms. The van der Waals surface area contributed by atoms with Crippen molar-refractivity contribution in [1.29, 1.82) is 0 Å². The van der Waals surface area contributed by atoms with E-state index in [0.29, 0.717) is 25.7 Å². The Morgan fingerprint density at radius 1 is 0.278 bits per heavy atom. The molecule has 0 saturated carbocycles. The van der Waals surface area contributed by atoms with Crippen LogP contribution in [0.5, 0.6) is 0 Å². The van der Waals surface area contributed by atoms with E-state index in [2.05, 4.69) is 41.5 Å². The lowest BCUT2D eigenvalue weighted by molar-refractivity contribution is -0.161. The van der Waals surface area contributed by atoms with E-state index in [4.69, 9.17) is 37.0 Å². The lowest BCUT2D eigenvalue weighted by Gasteiger charge is -2.21. The van der Waals surface area contributed by atoms with Gasteiger partial charge >= 0.3 is 39.5 Å². The van der Waals surface area contributed by atoms with Crippen molar-refractivity contribution >= 4 is 39.5 Å². The van der Waals surface area contributed by atoms with Crippen LogP contribution >= 0.6 is 15.6 Å². The Hall–Kier alpha value is -1.94. The number of carbonyl (C=O) groups is 4. The van der Waals surface area contributed by atoms with E-state index < -0.39 is 97.5 Å². The number of hydrogen-bond acceptors (Lipinski definition) is 15. The molecule has 3 N–H and O–H groups in total. The van der Waals surface area contributed by atoms with Crippen molar-refractivity contribution in [3.8, 4) is 0 Å². The number of aliphatic hydroxyl groups excluding tert-OH is 1. The van der Waals surface area contributed by atoms with E-state index in [1.54, 1.807) is 0 Å². The van der Waals surface area contributed by atoms with Crippen molar-refractivity contribution in [3.63, 3.8) is 0 Å². The largest absolute Gasteiger partial charge is 0.472 e. The Morgan fingerprint density at radius 2 is 0.474 bits per heavy atom. The van der Waals surface area contributed by atoms with Crippen LogP contribution in [0.25, 0.3) is 0 Å². The second-order valence-electron chi connectivity index (χ2n) is 29.1. The van der Waals surface area contributed by atoms with Gasteiger partial charge in [0, 0.05) is 25.7 Å². The predicted molar refractivity (Wildman–Crippen MR) is 395 cm³/mol. The minimum atomic E-state index is -4.96. The number of rotatable bonds is 77. The van der Waals surface area contributed by atoms with Gasteiger partial charge in [0.15, 0.2) is 12.2 Å². The molecule has 2 unspecified atom stereocenters. The van der Waals surface area contributed by atoms with Crippen molar-refractivity contribution < 1.29 is 80.2 Å². The first-order valence-corrected chi connectivity index (χ1v) is 43.5. The molecule has 0 aromatic rings. The average Bonchev–Trinajstić information content (AvgIpc) is 1.04. The molecule has 576 valence electrons. The normalized spacial score (nSPS) is 14.0. The number of phosphoric ester groups is 2. The average molecular weight is 1420 g/mol. The summed E-state index contributed by atoms with van der Waals surface area (Å²) in [5.41, 5.74) is 0. The molecule has 0 aliphatic rings. The zero-order chi connectivity index (χ0) is 71.4. The quantitative estimate of drug-likeness (QED) is 0.0222. The monoisotopic (exact) mass is 1420 g/mol. The first kappa shape index (κ1) is 95.1. The van der Waals surface area contributed by atoms with Crippen molar-refractivity contribution in [2.75, 3.05) is 39.6 Å². The highest BCUT2D eigenvalue weighted by Gasteiger charge is 2.30. The van der Waals surface area contributed by atoms with Gasteiger partial charge in [-0.15, -0.1) is 0 Å². The smallest absolute Gasteiger partial charge is 0.462 e. The van der Waals surface area contributed by atoms with Crippen LogP contribution in [-0.2, 0) is 65.4 Å². The van der Waals surface area contributed by atoms with E-state index in [-0.39, 0.29) is 25.7 Å². The van der Waals surface area contributed by atoms with Gasteiger partial charge in [0.1, 0.15) is 19.3 Å². The van der Waals surface area contributed by atoms with E-state index >= 15 is 0 Å². The highest BCUT2D eigenvalue weighted by Crippen LogP contribution is 2.45. The van der Waals surface area contributed by atoms with Gasteiger partial charge in [-0.2, -0.15) is 0 Å². The van der Waals surface area contributed by atoms with Crippen LogP contribution in [-0.4, -0.2) is 96.7 Å². The number of esters is 4. The molecule has 5 atom stereocenters. The molecule has 0 rings (SSSR count). The fourth-order valence-electron chi connectivity index (χ4n) is 12.0. The highest BCUT2D eigenvalue weighted by atomic mass is 31.2. The van der Waals surface area contributed by atoms with E-state index in [9.17, 15) is 43.2 Å². The molecule has 0 heterocycles. The lowest BCUT2D eigenvalue weighted by Crippen LogP contribution is -2.30. The SMILES string of the molecule is CCCCCCCCCCCCCCCCCCC(=O)OC[C@H](COP(=O)(O)OC[C@@H](O)COP(=O)(O)OC[C@@H](COC(=O)CCCCCCCCCCCC)OC(=O)CCCCCCCCCCCCCC(C)C)OC(=O)CCCCCCCCCCCCCCCCC(C)C. The molecule has 0 aromatic heterocycles. The molecule has 0 aliphatic carbocycles. The van der Waals surface area contributed by atoms with Crippen LogP contribution in [0.15, 0.2) is 0 Å². The Labute approximate surface area is 594 Å². The number of ether oxygens (including phenoxy) is 4. The molecule has 0 saturated heterocycles. The second-order valence-corrected chi connectivity index (χ2v) is 32.0. The Bertz CT molecular complexity index is 1870. The summed E-state index contributed by atoms with van der Waals surface area (Å²) < 4.78 is 68.6. The minimum absolute atomic E-state index is 0.107. The fraction of sp³-hybridized carbons (Fsp3) is 0.949. The highest BCUT2D eigenvalue weighted by molar-refractivity contribution is 7.47. The van der Waals surface area contributed by atoms with E-state index in [0.717, 1.165) is 102 Å². The van der Waals surface area contributed by atoms with Gasteiger partial charge in [0.25, 0.3) is 0 Å². The summed E-state index contributed by atoms with van der Waals surface area (Å²) in [6, 6.07) is 0. The molecule has 19 heteroatoms. The minimum Gasteiger partial charge on any atom is -0.462 e. The molecular formula is C78H152O17P2. The molecular weight excluding hydrogens is 1270 g/mol. The number of carbonyl (C=O) groups excluding carboxylic acids is 4. The van der Waals surface area contributed by atoms with Gasteiger partial charge in [-0.05, 0) is 37.5 Å². The Kier molecular flexibility index (Phi) is 68.4. The van der Waals surface area contributed by atoms with Gasteiger partial charge in [-0.3, -0.25) is 37.3 Å². The first-order chi connectivity index (χ1) is 46.9. The third kappa shape index (κ3) is 72.2. The molecule has 97 heavy (non-hydrogen) atoms. The molecule has 17 nitrogen and oxygen atoms in total. The van der Waals surface area contributed by atoms with Crippen LogP contribution in [0.1, 0.15) is 408 Å². The predicted octanol–water partition coefficient (Wildman–Crippen LogP) is 23.1. The Balaban J connectivity index is 5.25. The van der Waals surface area contributed by atoms with Crippen LogP contribution in [0.3, 0.4) is 0 Å². The summed E-state index contributed by atoms with van der Waals surface area (Å²) in [6.07, 6.45) is 58.1. The molecule has 0 fully saturated rings. The van der Waals surface area contributed by atoms with Crippen LogP contribution in [0, 0.1) is 11.8 Å². The lowest BCUT2D eigenvalue weighted by atomic mass is 10.0. The second kappa shape index (κ2) is 69.8. The van der Waals surface area contributed by atoms with Crippen molar-refractivity contribution in [3.05, 3.63) is 0 Å². The third-order valence-corrected chi connectivity index (χ3v) is 20.1. The zero-order valence-corrected chi connectivity index (χ0v) is 65.2. The van der Waals surface area contributed by atoms with Crippen molar-refractivity contribution in [1.82, 2.24) is 0 Å². The summed E-state index contributed by atoms with van der Waals surface area (Å²) in [5, 5.41) is 10.6. The molecule has 0 amide bonds. The molecule has 0 aliphatic heterocycles. The van der Waals surface area contributed by atoms with Crippen LogP contribution in [0.2, 0.25) is 0 Å². The van der Waals surface area contributed by atoms with Gasteiger partial charge in [-0.25, -0.2) is 9.13 Å². The summed E-state index contributed by atoms with van der Waals surface area (Å²) in [7, 11) is -9.91. The maximum Gasteiger partial charge on any atom is 0.472 e. The van der Waals surface area contributed by atoms with Crippen molar-refractivity contribution in [2.45, 2.75) is 426 Å². The van der Waals surface area contributed by atoms with Gasteiger partial charge < -0.3 is 33.8 Å². The maximum atomic E-state index is 13.1. The molecule has 0 radical (unpaired) electrons. The Morgan fingerprint density at radius 3 is 0.701 bits per heavy atom. The van der Waals surface area contributed by atoms with Gasteiger partial charge in [0.2, 0.25) is 0 Å². The number of aliphatic hydroxyl groups is 1. The van der Waals surface area contributed by atoms with Crippen LogP contribution in [0.4, 0.5) is 0 Å². The number of phosphoric acid groups is 2. The number of unbranched alkanes of at least 4 members (excludes halogenated alkanes) is 47. The fourth-order valence-corrected chi connectivity index (χ4v) is 13.6. The van der Waals surface area contributed by atoms with Gasteiger partial charge in [-0.1, -0.05) is 356 Å². The third-order valence-electron chi connectivity index (χ3n) is 18.2. The summed E-state index contributed by atoms with van der Waals surface area (Å²) in [5.74, 6) is -0.551.